The highest BCUT2D eigenvalue weighted by Crippen LogP contribution is 2.26. The van der Waals surface area contributed by atoms with E-state index in [1.54, 1.807) is 0 Å². The van der Waals surface area contributed by atoms with Crippen LogP contribution in [0, 0.1) is 5.92 Å². The van der Waals surface area contributed by atoms with Crippen molar-refractivity contribution in [1.82, 2.24) is 0 Å². The largest absolute Gasteiger partial charge is 0.469 e. The Kier molecular flexibility index (Phi) is 2.88. The summed E-state index contributed by atoms with van der Waals surface area (Å²) in [5.41, 5.74) is 5.77. The Morgan fingerprint density at radius 1 is 1.64 bits per heavy atom. The van der Waals surface area contributed by atoms with Crippen molar-refractivity contribution < 1.29 is 9.53 Å². The maximum atomic E-state index is 10.8. The van der Waals surface area contributed by atoms with Gasteiger partial charge in [-0.1, -0.05) is 6.42 Å². The van der Waals surface area contributed by atoms with Crippen LogP contribution in [0.25, 0.3) is 0 Å². The zero-order valence-electron chi connectivity index (χ0n) is 6.88. The second-order valence-electron chi connectivity index (χ2n) is 3.14. The summed E-state index contributed by atoms with van der Waals surface area (Å²) < 4.78 is 4.57. The van der Waals surface area contributed by atoms with E-state index < -0.39 is 0 Å². The van der Waals surface area contributed by atoms with E-state index in [0.29, 0.717) is 12.3 Å². The lowest BCUT2D eigenvalue weighted by atomic mass is 10.0. The van der Waals surface area contributed by atoms with Crippen molar-refractivity contribution >= 4 is 5.97 Å². The third kappa shape index (κ3) is 2.19. The number of methoxy groups -OCH3 is 1. The van der Waals surface area contributed by atoms with Crippen molar-refractivity contribution in [2.24, 2.45) is 11.7 Å². The Bertz CT molecular complexity index is 147. The second kappa shape index (κ2) is 3.72. The molecule has 0 radical (unpaired) electrons. The highest BCUT2D eigenvalue weighted by molar-refractivity contribution is 5.69. The Morgan fingerprint density at radius 2 is 2.36 bits per heavy atom. The molecule has 0 bridgehead atoms. The molecule has 0 saturated heterocycles. The molecule has 0 aromatic carbocycles. The Balaban J connectivity index is 2.30. The van der Waals surface area contributed by atoms with Gasteiger partial charge in [-0.3, -0.25) is 4.79 Å². The number of carbonyl (C=O) groups excluding carboxylic acids is 1. The van der Waals surface area contributed by atoms with Crippen LogP contribution in [-0.4, -0.2) is 19.1 Å². The summed E-state index contributed by atoms with van der Waals surface area (Å²) in [6, 6.07) is 0.217. The van der Waals surface area contributed by atoms with Crippen LogP contribution in [0.5, 0.6) is 0 Å². The van der Waals surface area contributed by atoms with E-state index in [-0.39, 0.29) is 12.0 Å². The summed E-state index contributed by atoms with van der Waals surface area (Å²) in [7, 11) is 1.42. The molecular formula is C8H15NO2. The number of carbonyl (C=O) groups is 1. The number of nitrogens with two attached hydrogens (primary N) is 1. The lowest BCUT2D eigenvalue weighted by Gasteiger charge is -2.12. The third-order valence-corrected chi connectivity index (χ3v) is 2.37. The van der Waals surface area contributed by atoms with Crippen LogP contribution in [0.15, 0.2) is 0 Å². The van der Waals surface area contributed by atoms with Crippen molar-refractivity contribution in [1.29, 1.82) is 0 Å². The van der Waals surface area contributed by atoms with Gasteiger partial charge in [0.15, 0.2) is 0 Å². The molecule has 0 aliphatic heterocycles. The highest BCUT2D eigenvalue weighted by Gasteiger charge is 2.26. The van der Waals surface area contributed by atoms with Gasteiger partial charge in [-0.05, 0) is 18.8 Å². The van der Waals surface area contributed by atoms with Crippen molar-refractivity contribution in [2.75, 3.05) is 7.11 Å². The first-order valence-electron chi connectivity index (χ1n) is 4.06. The molecule has 0 heterocycles. The Labute approximate surface area is 66.9 Å². The van der Waals surface area contributed by atoms with Gasteiger partial charge >= 0.3 is 5.97 Å². The van der Waals surface area contributed by atoms with Gasteiger partial charge in [0.2, 0.25) is 0 Å². The van der Waals surface area contributed by atoms with Crippen LogP contribution in [0.2, 0.25) is 0 Å². The summed E-state index contributed by atoms with van der Waals surface area (Å²) >= 11 is 0. The summed E-state index contributed by atoms with van der Waals surface area (Å²) in [4.78, 5) is 10.8. The SMILES string of the molecule is COC(=O)C[C@@H]1CCC[C@@H]1N. The van der Waals surface area contributed by atoms with E-state index in [0.717, 1.165) is 19.3 Å². The maximum Gasteiger partial charge on any atom is 0.305 e. The Morgan fingerprint density at radius 3 is 2.82 bits per heavy atom. The molecule has 1 rings (SSSR count). The predicted molar refractivity (Wildman–Crippen MR) is 41.9 cm³/mol. The molecule has 1 aliphatic carbocycles. The van der Waals surface area contributed by atoms with Crippen LogP contribution in [0.4, 0.5) is 0 Å². The minimum absolute atomic E-state index is 0.132. The van der Waals surface area contributed by atoms with E-state index in [2.05, 4.69) is 4.74 Å². The van der Waals surface area contributed by atoms with Crippen LogP contribution in [-0.2, 0) is 9.53 Å². The number of hydrogen-bond acceptors (Lipinski definition) is 3. The molecule has 0 spiro atoms. The molecule has 1 fully saturated rings. The number of rotatable bonds is 2. The molecule has 1 aliphatic rings. The molecule has 3 heteroatoms. The first-order chi connectivity index (χ1) is 5.24. The van der Waals surface area contributed by atoms with Gasteiger partial charge in [-0.2, -0.15) is 0 Å². The quantitative estimate of drug-likeness (QED) is 0.599. The van der Waals surface area contributed by atoms with Gasteiger partial charge in [0.05, 0.1) is 7.11 Å². The summed E-state index contributed by atoms with van der Waals surface area (Å²) in [6.07, 6.45) is 3.79. The molecule has 0 unspecified atom stereocenters. The number of ether oxygens (including phenoxy) is 1. The first kappa shape index (κ1) is 8.53. The smallest absolute Gasteiger partial charge is 0.305 e. The zero-order chi connectivity index (χ0) is 8.27. The summed E-state index contributed by atoms with van der Waals surface area (Å²) in [5, 5.41) is 0. The lowest BCUT2D eigenvalue weighted by Crippen LogP contribution is -2.26. The fourth-order valence-corrected chi connectivity index (χ4v) is 1.62. The van der Waals surface area contributed by atoms with Gasteiger partial charge in [-0.15, -0.1) is 0 Å². The molecule has 0 aromatic rings. The van der Waals surface area contributed by atoms with Crippen molar-refractivity contribution in [3.8, 4) is 0 Å². The third-order valence-electron chi connectivity index (χ3n) is 2.37. The van der Waals surface area contributed by atoms with E-state index in [4.69, 9.17) is 5.73 Å². The van der Waals surface area contributed by atoms with Gasteiger partial charge < -0.3 is 10.5 Å². The van der Waals surface area contributed by atoms with Crippen molar-refractivity contribution in [3.05, 3.63) is 0 Å². The van der Waals surface area contributed by atoms with Gasteiger partial charge in [0.25, 0.3) is 0 Å². The second-order valence-corrected chi connectivity index (χ2v) is 3.14. The van der Waals surface area contributed by atoms with Crippen LogP contribution in [0.1, 0.15) is 25.7 Å². The van der Waals surface area contributed by atoms with Crippen molar-refractivity contribution in [3.63, 3.8) is 0 Å². The molecule has 0 aromatic heterocycles. The first-order valence-corrected chi connectivity index (χ1v) is 4.06. The van der Waals surface area contributed by atoms with Crippen LogP contribution >= 0.6 is 0 Å². The minimum atomic E-state index is -0.132. The average molecular weight is 157 g/mol. The van der Waals surface area contributed by atoms with Crippen LogP contribution in [0.3, 0.4) is 0 Å². The van der Waals surface area contributed by atoms with Gasteiger partial charge in [0, 0.05) is 12.5 Å². The van der Waals surface area contributed by atoms with Crippen LogP contribution < -0.4 is 5.73 Å². The molecule has 64 valence electrons. The average Bonchev–Trinajstić information content (AvgIpc) is 2.37. The lowest BCUT2D eigenvalue weighted by molar-refractivity contribution is -0.141. The zero-order valence-corrected chi connectivity index (χ0v) is 6.88. The minimum Gasteiger partial charge on any atom is -0.469 e. The summed E-state index contributed by atoms with van der Waals surface area (Å²) in [5.74, 6) is 0.231. The predicted octanol–water partition coefficient (Wildman–Crippen LogP) is 0.677. The van der Waals surface area contributed by atoms with E-state index in [1.807, 2.05) is 0 Å². The highest BCUT2D eigenvalue weighted by atomic mass is 16.5. The van der Waals surface area contributed by atoms with E-state index in [9.17, 15) is 4.79 Å². The van der Waals surface area contributed by atoms with Gasteiger partial charge in [-0.25, -0.2) is 0 Å². The monoisotopic (exact) mass is 157 g/mol. The standard InChI is InChI=1S/C8H15NO2/c1-11-8(10)5-6-3-2-4-7(6)9/h6-7H,2-5,9H2,1H3/t6-,7-/m0/s1. The molecule has 11 heavy (non-hydrogen) atoms. The fraction of sp³-hybridized carbons (Fsp3) is 0.875. The topological polar surface area (TPSA) is 52.3 Å². The molecule has 3 nitrogen and oxygen atoms in total. The molecule has 2 atom stereocenters. The number of esters is 1. The summed E-state index contributed by atoms with van der Waals surface area (Å²) in [6.45, 7) is 0. The Hall–Kier alpha value is -0.570. The molecular weight excluding hydrogens is 142 g/mol. The fourth-order valence-electron chi connectivity index (χ4n) is 1.62. The molecule has 1 saturated carbocycles. The van der Waals surface area contributed by atoms with E-state index in [1.165, 1.54) is 7.11 Å². The van der Waals surface area contributed by atoms with E-state index >= 15 is 0 Å². The molecule has 0 amide bonds. The number of hydrogen-bond donors (Lipinski definition) is 1. The maximum absolute atomic E-state index is 10.8. The van der Waals surface area contributed by atoms with Gasteiger partial charge in [0.1, 0.15) is 0 Å². The normalized spacial score (nSPS) is 30.4. The van der Waals surface area contributed by atoms with Crippen molar-refractivity contribution in [2.45, 2.75) is 31.7 Å². The molecule has 2 N–H and O–H groups in total.